The van der Waals surface area contributed by atoms with Crippen molar-refractivity contribution >= 4 is 28.6 Å². The van der Waals surface area contributed by atoms with Gasteiger partial charge in [0.25, 0.3) is 5.91 Å². The number of ether oxygens (including phenoxy) is 1. The van der Waals surface area contributed by atoms with E-state index in [0.717, 1.165) is 5.56 Å². The molecule has 0 saturated carbocycles. The zero-order chi connectivity index (χ0) is 24.4. The molecule has 0 radical (unpaired) electrons. The number of esters is 1. The predicted octanol–water partition coefficient (Wildman–Crippen LogP) is 4.32. The molecule has 1 amide bonds. The summed E-state index contributed by atoms with van der Waals surface area (Å²) >= 11 is 0. The molecule has 0 aliphatic rings. The van der Waals surface area contributed by atoms with Gasteiger partial charge < -0.3 is 10.1 Å². The van der Waals surface area contributed by atoms with Crippen LogP contribution in [0.3, 0.4) is 0 Å². The molecule has 35 heavy (non-hydrogen) atoms. The summed E-state index contributed by atoms with van der Waals surface area (Å²) < 4.78 is 8.97. The summed E-state index contributed by atoms with van der Waals surface area (Å²) in [4.78, 5) is 30.2. The Morgan fingerprint density at radius 3 is 2.46 bits per heavy atom. The maximum Gasteiger partial charge on any atom is 0.344 e. The van der Waals surface area contributed by atoms with Gasteiger partial charge in [0, 0.05) is 31.0 Å². The number of carbonyl (C=O) groups excluding carboxylic acids is 2. The van der Waals surface area contributed by atoms with E-state index in [1.807, 2.05) is 37.3 Å². The molecular weight excluding hydrogens is 444 g/mol. The highest BCUT2D eigenvalue weighted by Crippen LogP contribution is 2.26. The van der Waals surface area contributed by atoms with Crippen LogP contribution in [0.1, 0.15) is 27.6 Å². The van der Waals surface area contributed by atoms with Crippen molar-refractivity contribution in [3.8, 4) is 17.0 Å². The zero-order valence-electron chi connectivity index (χ0n) is 19.2. The number of nitrogens with one attached hydrogen (secondary N) is 1. The number of anilines is 1. The minimum atomic E-state index is -0.516. The molecule has 0 aliphatic heterocycles. The summed E-state index contributed by atoms with van der Waals surface area (Å²) in [5.74, 6) is -0.440. The standard InChI is InChI=1S/C26H22N6O3/c1-3-32-24-22(15-28-32)21(13-23(30-24)17-7-5-4-6-8-17)26(34)35-20-11-9-19(10-12-20)29-25(33)18-14-27-31(2)16-18/h4-16H,3H2,1-2H3,(H,29,33). The van der Waals surface area contributed by atoms with E-state index < -0.39 is 5.97 Å². The van der Waals surface area contributed by atoms with Crippen molar-refractivity contribution in [3.05, 3.63) is 90.4 Å². The van der Waals surface area contributed by atoms with Crippen LogP contribution in [0.4, 0.5) is 5.69 Å². The predicted molar refractivity (Wildman–Crippen MR) is 131 cm³/mol. The van der Waals surface area contributed by atoms with E-state index in [-0.39, 0.29) is 5.91 Å². The van der Waals surface area contributed by atoms with Crippen LogP contribution in [-0.2, 0) is 13.6 Å². The topological polar surface area (TPSA) is 104 Å². The van der Waals surface area contributed by atoms with E-state index in [2.05, 4.69) is 15.5 Å². The Kier molecular flexibility index (Phi) is 5.80. The lowest BCUT2D eigenvalue weighted by Gasteiger charge is -2.09. The number of hydrogen-bond donors (Lipinski definition) is 1. The summed E-state index contributed by atoms with van der Waals surface area (Å²) in [6.07, 6.45) is 4.75. The van der Waals surface area contributed by atoms with Crippen molar-refractivity contribution in [2.24, 2.45) is 7.05 Å². The third-order valence-corrected chi connectivity index (χ3v) is 5.49. The molecule has 0 unspecified atom stereocenters. The van der Waals surface area contributed by atoms with Crippen molar-refractivity contribution in [2.75, 3.05) is 5.32 Å². The van der Waals surface area contributed by atoms with Gasteiger partial charge in [-0.25, -0.2) is 14.5 Å². The monoisotopic (exact) mass is 466 g/mol. The van der Waals surface area contributed by atoms with Gasteiger partial charge in [0.05, 0.1) is 34.6 Å². The zero-order valence-corrected chi connectivity index (χ0v) is 19.2. The highest BCUT2D eigenvalue weighted by atomic mass is 16.5. The smallest absolute Gasteiger partial charge is 0.344 e. The largest absolute Gasteiger partial charge is 0.423 e. The van der Waals surface area contributed by atoms with Gasteiger partial charge in [-0.1, -0.05) is 30.3 Å². The number of benzene rings is 2. The molecule has 0 aliphatic carbocycles. The third-order valence-electron chi connectivity index (χ3n) is 5.49. The molecule has 2 aromatic carbocycles. The quantitative estimate of drug-likeness (QED) is 0.295. The van der Waals surface area contributed by atoms with E-state index in [1.54, 1.807) is 59.1 Å². The lowest BCUT2D eigenvalue weighted by atomic mass is 10.1. The van der Waals surface area contributed by atoms with Crippen LogP contribution in [0.5, 0.6) is 5.75 Å². The number of rotatable bonds is 6. The van der Waals surface area contributed by atoms with Crippen molar-refractivity contribution in [2.45, 2.75) is 13.5 Å². The van der Waals surface area contributed by atoms with E-state index in [0.29, 0.717) is 45.8 Å². The summed E-state index contributed by atoms with van der Waals surface area (Å²) in [5, 5.41) is 11.8. The molecule has 0 spiro atoms. The van der Waals surface area contributed by atoms with Gasteiger partial charge in [-0.2, -0.15) is 10.2 Å². The highest BCUT2D eigenvalue weighted by Gasteiger charge is 2.19. The number of hydrogen-bond acceptors (Lipinski definition) is 6. The molecule has 5 rings (SSSR count). The molecule has 3 aromatic heterocycles. The second kappa shape index (κ2) is 9.22. The molecule has 3 heterocycles. The Morgan fingerprint density at radius 2 is 1.77 bits per heavy atom. The van der Waals surface area contributed by atoms with Gasteiger partial charge >= 0.3 is 5.97 Å². The molecule has 0 fully saturated rings. The second-order valence-corrected chi connectivity index (χ2v) is 7.89. The SMILES string of the molecule is CCn1ncc2c(C(=O)Oc3ccc(NC(=O)c4cnn(C)c4)cc3)cc(-c3ccccc3)nc21. The van der Waals surface area contributed by atoms with Gasteiger partial charge in [-0.05, 0) is 37.3 Å². The maximum atomic E-state index is 13.2. The normalized spacial score (nSPS) is 10.9. The summed E-state index contributed by atoms with van der Waals surface area (Å²) in [5.41, 5.74) is 3.57. The number of fused-ring (bicyclic) bond motifs is 1. The van der Waals surface area contributed by atoms with Crippen molar-refractivity contribution in [1.82, 2.24) is 24.5 Å². The van der Waals surface area contributed by atoms with Gasteiger partial charge in [0.15, 0.2) is 5.65 Å². The average molecular weight is 467 g/mol. The van der Waals surface area contributed by atoms with E-state index in [9.17, 15) is 9.59 Å². The third kappa shape index (κ3) is 4.51. The lowest BCUT2D eigenvalue weighted by molar-refractivity contribution is 0.0736. The lowest BCUT2D eigenvalue weighted by Crippen LogP contribution is -2.12. The number of aryl methyl sites for hydroxylation is 2. The van der Waals surface area contributed by atoms with Crippen LogP contribution in [-0.4, -0.2) is 36.4 Å². The van der Waals surface area contributed by atoms with Crippen LogP contribution in [0.25, 0.3) is 22.3 Å². The second-order valence-electron chi connectivity index (χ2n) is 7.89. The fourth-order valence-electron chi connectivity index (χ4n) is 3.71. The molecule has 0 atom stereocenters. The fourth-order valence-corrected chi connectivity index (χ4v) is 3.71. The van der Waals surface area contributed by atoms with E-state index in [4.69, 9.17) is 9.72 Å². The molecular formula is C26H22N6O3. The Balaban J connectivity index is 1.39. The van der Waals surface area contributed by atoms with Crippen molar-refractivity contribution in [1.29, 1.82) is 0 Å². The highest BCUT2D eigenvalue weighted by molar-refractivity contribution is 6.05. The molecule has 174 valence electrons. The summed E-state index contributed by atoms with van der Waals surface area (Å²) in [6.45, 7) is 2.59. The van der Waals surface area contributed by atoms with E-state index in [1.165, 1.54) is 6.20 Å². The first-order valence-corrected chi connectivity index (χ1v) is 11.1. The number of carbonyl (C=O) groups is 2. The molecule has 0 bridgehead atoms. The van der Waals surface area contributed by atoms with Crippen LogP contribution in [0, 0.1) is 0 Å². The Hall–Kier alpha value is -4.79. The van der Waals surface area contributed by atoms with Gasteiger partial charge in [0.1, 0.15) is 5.75 Å². The van der Waals surface area contributed by atoms with Crippen molar-refractivity contribution in [3.63, 3.8) is 0 Å². The number of amides is 1. The Labute approximate surface area is 201 Å². The minimum absolute atomic E-state index is 0.275. The number of nitrogens with zero attached hydrogens (tertiary/aromatic N) is 5. The average Bonchev–Trinajstić information content (AvgIpc) is 3.51. The number of aromatic nitrogens is 5. The summed E-state index contributed by atoms with van der Waals surface area (Å²) in [7, 11) is 1.74. The maximum absolute atomic E-state index is 13.2. The van der Waals surface area contributed by atoms with Gasteiger partial charge in [0.2, 0.25) is 0 Å². The van der Waals surface area contributed by atoms with Crippen molar-refractivity contribution < 1.29 is 14.3 Å². The first-order valence-electron chi connectivity index (χ1n) is 11.1. The van der Waals surface area contributed by atoms with Crippen LogP contribution in [0.2, 0.25) is 0 Å². The molecule has 5 aromatic rings. The minimum Gasteiger partial charge on any atom is -0.423 e. The van der Waals surface area contributed by atoms with E-state index >= 15 is 0 Å². The first kappa shape index (κ1) is 22.0. The van der Waals surface area contributed by atoms with Gasteiger partial charge in [-0.3, -0.25) is 9.48 Å². The van der Waals surface area contributed by atoms with Crippen LogP contribution < -0.4 is 10.1 Å². The molecule has 9 heteroatoms. The molecule has 9 nitrogen and oxygen atoms in total. The fraction of sp³-hybridized carbons (Fsp3) is 0.115. The first-order chi connectivity index (χ1) is 17.0. The molecule has 1 N–H and O–H groups in total. The van der Waals surface area contributed by atoms with Gasteiger partial charge in [-0.15, -0.1) is 0 Å². The Bertz CT molecular complexity index is 1520. The number of pyridine rings is 1. The summed E-state index contributed by atoms with van der Waals surface area (Å²) in [6, 6.07) is 18.0. The van der Waals surface area contributed by atoms with Crippen LogP contribution >= 0.6 is 0 Å². The van der Waals surface area contributed by atoms with Crippen LogP contribution in [0.15, 0.2) is 79.3 Å². The Morgan fingerprint density at radius 1 is 1.00 bits per heavy atom. The molecule has 0 saturated heterocycles.